The second kappa shape index (κ2) is 7.06. The van der Waals surface area contributed by atoms with Crippen LogP contribution >= 0.6 is 0 Å². The molecule has 0 bridgehead atoms. The van der Waals surface area contributed by atoms with Crippen LogP contribution in [0.25, 0.3) is 0 Å². The van der Waals surface area contributed by atoms with E-state index in [0.29, 0.717) is 22.7 Å². The van der Waals surface area contributed by atoms with Crippen LogP contribution in [0.4, 0.5) is 11.4 Å². The summed E-state index contributed by atoms with van der Waals surface area (Å²) in [4.78, 5) is 16.1. The maximum absolute atomic E-state index is 12.2. The maximum atomic E-state index is 12.2. The number of ether oxygens (including phenoxy) is 1. The Balaban J connectivity index is 2.23. The van der Waals surface area contributed by atoms with Gasteiger partial charge >= 0.3 is 0 Å². The predicted octanol–water partition coefficient (Wildman–Crippen LogP) is 2.59. The Labute approximate surface area is 122 Å². The van der Waals surface area contributed by atoms with Gasteiger partial charge < -0.3 is 10.1 Å². The maximum Gasteiger partial charge on any atom is 0.255 e. The Bertz CT molecular complexity index is 642. The smallest absolute Gasteiger partial charge is 0.255 e. The lowest BCUT2D eigenvalue weighted by Gasteiger charge is -2.08. The molecule has 0 fully saturated rings. The minimum Gasteiger partial charge on any atom is -0.494 e. The van der Waals surface area contributed by atoms with E-state index in [0.717, 1.165) is 6.34 Å². The number of methoxy groups -OCH3 is 1. The SMILES string of the molecule is COc1ccc(C(=O)Nc2ccccc2)cc1N=CNO. The van der Waals surface area contributed by atoms with Crippen molar-refractivity contribution in [3.8, 4) is 5.75 Å². The van der Waals surface area contributed by atoms with Crippen LogP contribution in [0, 0.1) is 0 Å². The number of benzene rings is 2. The van der Waals surface area contributed by atoms with Crippen molar-refractivity contribution in [1.29, 1.82) is 0 Å². The average Bonchev–Trinajstić information content (AvgIpc) is 2.53. The molecule has 0 unspecified atom stereocenters. The minimum absolute atomic E-state index is 0.253. The molecule has 6 nitrogen and oxygen atoms in total. The lowest BCUT2D eigenvalue weighted by molar-refractivity contribution is 0.102. The third-order valence-electron chi connectivity index (χ3n) is 2.73. The van der Waals surface area contributed by atoms with E-state index in [-0.39, 0.29) is 5.91 Å². The first-order valence-corrected chi connectivity index (χ1v) is 6.21. The van der Waals surface area contributed by atoms with Crippen LogP contribution in [0.5, 0.6) is 5.75 Å². The molecular formula is C15H15N3O3. The van der Waals surface area contributed by atoms with E-state index in [4.69, 9.17) is 9.94 Å². The molecule has 2 aromatic rings. The van der Waals surface area contributed by atoms with Gasteiger partial charge in [-0.1, -0.05) is 18.2 Å². The average molecular weight is 285 g/mol. The molecule has 6 heteroatoms. The number of hydroxylamine groups is 1. The summed E-state index contributed by atoms with van der Waals surface area (Å²) in [6, 6.07) is 14.0. The third-order valence-corrected chi connectivity index (χ3v) is 2.73. The van der Waals surface area contributed by atoms with E-state index < -0.39 is 0 Å². The highest BCUT2D eigenvalue weighted by molar-refractivity contribution is 6.05. The van der Waals surface area contributed by atoms with Crippen molar-refractivity contribution >= 4 is 23.6 Å². The van der Waals surface area contributed by atoms with E-state index in [1.165, 1.54) is 7.11 Å². The van der Waals surface area contributed by atoms with Crippen LogP contribution in [-0.2, 0) is 0 Å². The van der Waals surface area contributed by atoms with Crippen LogP contribution in [0.1, 0.15) is 10.4 Å². The van der Waals surface area contributed by atoms with Gasteiger partial charge in [-0.05, 0) is 30.3 Å². The Morgan fingerprint density at radius 3 is 2.67 bits per heavy atom. The molecule has 0 spiro atoms. The highest BCUT2D eigenvalue weighted by atomic mass is 16.5. The molecule has 0 aromatic heterocycles. The third kappa shape index (κ3) is 3.80. The van der Waals surface area contributed by atoms with Crippen molar-refractivity contribution in [1.82, 2.24) is 5.48 Å². The second-order valence-corrected chi connectivity index (χ2v) is 4.09. The van der Waals surface area contributed by atoms with E-state index in [1.807, 2.05) is 23.7 Å². The van der Waals surface area contributed by atoms with Gasteiger partial charge in [0.25, 0.3) is 5.91 Å². The summed E-state index contributed by atoms with van der Waals surface area (Å²) in [5, 5.41) is 11.3. The van der Waals surface area contributed by atoms with Crippen molar-refractivity contribution in [2.24, 2.45) is 4.99 Å². The fourth-order valence-corrected chi connectivity index (χ4v) is 1.76. The molecule has 0 radical (unpaired) electrons. The lowest BCUT2D eigenvalue weighted by Crippen LogP contribution is -2.11. The molecule has 108 valence electrons. The van der Waals surface area contributed by atoms with Gasteiger partial charge in [-0.3, -0.25) is 15.5 Å². The van der Waals surface area contributed by atoms with Crippen LogP contribution in [0.15, 0.2) is 53.5 Å². The normalized spacial score (nSPS) is 10.4. The standard InChI is InChI=1S/C15H15N3O3/c1-21-14-8-7-11(9-13(14)16-10-17-20)15(19)18-12-5-3-2-4-6-12/h2-10,20H,1H3,(H,16,17)(H,18,19). The fraction of sp³-hybridized carbons (Fsp3) is 0.0667. The number of anilines is 1. The number of carbonyl (C=O) groups excluding carboxylic acids is 1. The largest absolute Gasteiger partial charge is 0.494 e. The molecule has 0 aliphatic rings. The summed E-state index contributed by atoms with van der Waals surface area (Å²) in [6.07, 6.45) is 1.09. The van der Waals surface area contributed by atoms with Crippen molar-refractivity contribution in [3.63, 3.8) is 0 Å². The number of nitrogens with zero attached hydrogens (tertiary/aromatic N) is 1. The second-order valence-electron chi connectivity index (χ2n) is 4.09. The van der Waals surface area contributed by atoms with E-state index in [1.54, 1.807) is 30.3 Å². The Hall–Kier alpha value is -2.86. The number of para-hydroxylation sites is 1. The Morgan fingerprint density at radius 2 is 2.00 bits per heavy atom. The van der Waals surface area contributed by atoms with Crippen LogP contribution in [0.3, 0.4) is 0 Å². The zero-order valence-corrected chi connectivity index (χ0v) is 11.4. The Kier molecular flexibility index (Phi) is 4.89. The molecule has 2 aromatic carbocycles. The van der Waals surface area contributed by atoms with Gasteiger partial charge in [-0.2, -0.15) is 0 Å². The van der Waals surface area contributed by atoms with E-state index >= 15 is 0 Å². The predicted molar refractivity (Wildman–Crippen MR) is 80.5 cm³/mol. The number of hydrogen-bond donors (Lipinski definition) is 3. The molecule has 0 aliphatic heterocycles. The van der Waals surface area contributed by atoms with Gasteiger partial charge in [0.15, 0.2) is 0 Å². The summed E-state index contributed by atoms with van der Waals surface area (Å²) in [5.74, 6) is 0.245. The number of hydrogen-bond acceptors (Lipinski definition) is 4. The molecular weight excluding hydrogens is 270 g/mol. The van der Waals surface area contributed by atoms with Crippen molar-refractivity contribution in [3.05, 3.63) is 54.1 Å². The molecule has 0 saturated heterocycles. The quantitative estimate of drug-likeness (QED) is 0.448. The molecule has 0 atom stereocenters. The van der Waals surface area contributed by atoms with Gasteiger partial charge in [0.05, 0.1) is 7.11 Å². The fourth-order valence-electron chi connectivity index (χ4n) is 1.76. The molecule has 0 saturated carbocycles. The Morgan fingerprint density at radius 1 is 1.24 bits per heavy atom. The van der Waals surface area contributed by atoms with Gasteiger partial charge in [0.1, 0.15) is 17.8 Å². The van der Waals surface area contributed by atoms with Gasteiger partial charge in [-0.15, -0.1) is 0 Å². The summed E-state index contributed by atoms with van der Waals surface area (Å²) in [7, 11) is 1.50. The van der Waals surface area contributed by atoms with Crippen LogP contribution < -0.4 is 15.5 Å². The number of aliphatic imine (C=N–C) groups is 1. The summed E-state index contributed by atoms with van der Waals surface area (Å²) >= 11 is 0. The molecule has 0 heterocycles. The highest BCUT2D eigenvalue weighted by Gasteiger charge is 2.10. The van der Waals surface area contributed by atoms with Crippen LogP contribution in [0.2, 0.25) is 0 Å². The highest BCUT2D eigenvalue weighted by Crippen LogP contribution is 2.28. The molecule has 2 rings (SSSR count). The van der Waals surface area contributed by atoms with Gasteiger partial charge in [0.2, 0.25) is 0 Å². The van der Waals surface area contributed by atoms with Crippen molar-refractivity contribution in [2.45, 2.75) is 0 Å². The molecule has 3 N–H and O–H groups in total. The molecule has 21 heavy (non-hydrogen) atoms. The van der Waals surface area contributed by atoms with Crippen LogP contribution in [-0.4, -0.2) is 24.6 Å². The topological polar surface area (TPSA) is 83.0 Å². The molecule has 0 aliphatic carbocycles. The number of amides is 1. The minimum atomic E-state index is -0.253. The van der Waals surface area contributed by atoms with Gasteiger partial charge in [0, 0.05) is 11.3 Å². The summed E-state index contributed by atoms with van der Waals surface area (Å²) < 4.78 is 5.14. The first kappa shape index (κ1) is 14.5. The first-order valence-electron chi connectivity index (χ1n) is 6.21. The van der Waals surface area contributed by atoms with Gasteiger partial charge in [-0.25, -0.2) is 4.99 Å². The lowest BCUT2D eigenvalue weighted by atomic mass is 10.1. The number of rotatable bonds is 5. The van der Waals surface area contributed by atoms with Crippen molar-refractivity contribution < 1.29 is 14.7 Å². The summed E-state index contributed by atoms with van der Waals surface area (Å²) in [5.41, 5.74) is 3.38. The number of carbonyl (C=O) groups is 1. The molecule has 1 amide bonds. The first-order chi connectivity index (χ1) is 10.2. The zero-order chi connectivity index (χ0) is 15.1. The monoisotopic (exact) mass is 285 g/mol. The van der Waals surface area contributed by atoms with E-state index in [2.05, 4.69) is 10.3 Å². The van der Waals surface area contributed by atoms with Crippen molar-refractivity contribution in [2.75, 3.05) is 12.4 Å². The number of nitrogens with one attached hydrogen (secondary N) is 2. The zero-order valence-electron chi connectivity index (χ0n) is 11.4. The summed E-state index contributed by atoms with van der Waals surface area (Å²) in [6.45, 7) is 0. The van der Waals surface area contributed by atoms with E-state index in [9.17, 15) is 4.79 Å².